The van der Waals surface area contributed by atoms with Crippen LogP contribution in [0.2, 0.25) is 0 Å². The molecule has 0 bridgehead atoms. The van der Waals surface area contributed by atoms with Crippen molar-refractivity contribution in [2.24, 2.45) is 0 Å². The van der Waals surface area contributed by atoms with Gasteiger partial charge in [0.1, 0.15) is 21.3 Å². The van der Waals surface area contributed by atoms with E-state index in [0.717, 1.165) is 68.9 Å². The molecule has 4 nitrogen and oxygen atoms in total. The Morgan fingerprint density at radius 2 is 1.00 bits per heavy atom. The lowest BCUT2D eigenvalue weighted by Crippen LogP contribution is -2.11. The third-order valence-corrected chi connectivity index (χ3v) is 8.66. The highest BCUT2D eigenvalue weighted by Crippen LogP contribution is 2.34. The third kappa shape index (κ3) is 11.2. The van der Waals surface area contributed by atoms with Gasteiger partial charge in [0.2, 0.25) is 0 Å². The molecule has 0 radical (unpaired) electrons. The highest BCUT2D eigenvalue weighted by molar-refractivity contribution is 7.91. The van der Waals surface area contributed by atoms with Gasteiger partial charge in [-0.15, -0.1) is 0 Å². The molecule has 5 heteroatoms. The molecule has 0 aliphatic carbocycles. The van der Waals surface area contributed by atoms with Crippen molar-refractivity contribution in [3.8, 4) is 11.5 Å². The molecule has 0 aliphatic rings. The van der Waals surface area contributed by atoms with E-state index in [-0.39, 0.29) is 11.5 Å². The van der Waals surface area contributed by atoms with Crippen LogP contribution in [0.15, 0.2) is 48.5 Å². The van der Waals surface area contributed by atoms with Crippen molar-refractivity contribution in [1.29, 1.82) is 0 Å². The molecule has 0 spiro atoms. The standard InChI is InChI=1S/C31H46O4S/c1-3-5-13-24-36(34,35)25-14-11-9-7-6-8-10-12-15-31(27-18-22-29(33)23-19-27)30(4-2)26-16-20-28(32)21-17-26/h16-23,32-33H,3-15,24-25H2,1-2H3/b31-30+. The Hall–Kier alpha value is -2.27. The van der Waals surface area contributed by atoms with Gasteiger partial charge in [-0.25, -0.2) is 8.42 Å². The number of phenolic OH excluding ortho intramolecular Hbond substituents is 2. The number of rotatable bonds is 18. The number of unbranched alkanes of at least 4 members (excludes halogenated alkanes) is 9. The van der Waals surface area contributed by atoms with Crippen molar-refractivity contribution < 1.29 is 18.6 Å². The van der Waals surface area contributed by atoms with E-state index < -0.39 is 9.84 Å². The number of phenols is 2. The quantitative estimate of drug-likeness (QED) is 0.154. The highest BCUT2D eigenvalue weighted by Gasteiger charge is 2.12. The van der Waals surface area contributed by atoms with Crippen LogP contribution in [0, 0.1) is 0 Å². The number of benzene rings is 2. The molecular weight excluding hydrogens is 468 g/mol. The fraction of sp³-hybridized carbons (Fsp3) is 0.548. The van der Waals surface area contributed by atoms with Crippen LogP contribution in [0.1, 0.15) is 108 Å². The second-order valence-corrected chi connectivity index (χ2v) is 12.1. The first kappa shape index (κ1) is 30.0. The van der Waals surface area contributed by atoms with Gasteiger partial charge in [0.05, 0.1) is 11.5 Å². The molecule has 0 atom stereocenters. The number of sulfone groups is 1. The number of aromatic hydroxyl groups is 2. The summed E-state index contributed by atoms with van der Waals surface area (Å²) in [6, 6.07) is 14.9. The van der Waals surface area contributed by atoms with Crippen molar-refractivity contribution in [3.05, 3.63) is 59.7 Å². The van der Waals surface area contributed by atoms with Crippen LogP contribution in [-0.2, 0) is 9.84 Å². The van der Waals surface area contributed by atoms with Crippen molar-refractivity contribution in [1.82, 2.24) is 0 Å². The number of hydrogen-bond donors (Lipinski definition) is 2. The maximum absolute atomic E-state index is 12.0. The summed E-state index contributed by atoms with van der Waals surface area (Å²) in [5.41, 5.74) is 4.86. The zero-order chi connectivity index (χ0) is 26.2. The van der Waals surface area contributed by atoms with E-state index in [9.17, 15) is 18.6 Å². The topological polar surface area (TPSA) is 74.6 Å². The summed E-state index contributed by atoms with van der Waals surface area (Å²) in [6.07, 6.45) is 13.5. The lowest BCUT2D eigenvalue weighted by atomic mass is 9.89. The molecule has 0 saturated carbocycles. The molecule has 0 amide bonds. The molecular formula is C31H46O4S. The molecule has 2 rings (SSSR count). The first-order chi connectivity index (χ1) is 17.4. The van der Waals surface area contributed by atoms with Gasteiger partial charge in [0.15, 0.2) is 0 Å². The summed E-state index contributed by atoms with van der Waals surface area (Å²) in [5, 5.41) is 19.4. The zero-order valence-electron chi connectivity index (χ0n) is 22.3. The summed E-state index contributed by atoms with van der Waals surface area (Å²) in [4.78, 5) is 0. The predicted octanol–water partition coefficient (Wildman–Crippen LogP) is 8.53. The van der Waals surface area contributed by atoms with Crippen LogP contribution < -0.4 is 0 Å². The van der Waals surface area contributed by atoms with E-state index in [1.165, 1.54) is 36.8 Å². The van der Waals surface area contributed by atoms with Crippen molar-refractivity contribution >= 4 is 21.0 Å². The van der Waals surface area contributed by atoms with Gasteiger partial charge >= 0.3 is 0 Å². The summed E-state index contributed by atoms with van der Waals surface area (Å²) in [6.45, 7) is 4.26. The average Bonchev–Trinajstić information content (AvgIpc) is 2.86. The SMILES string of the molecule is CCCCCS(=O)(=O)CCCCCCCCCC/C(=C(/CC)c1ccc(O)cc1)c1ccc(O)cc1. The average molecular weight is 515 g/mol. The second kappa shape index (κ2) is 16.5. The fourth-order valence-electron chi connectivity index (χ4n) is 4.74. The van der Waals surface area contributed by atoms with E-state index in [2.05, 4.69) is 13.8 Å². The van der Waals surface area contributed by atoms with Crippen molar-refractivity contribution in [3.63, 3.8) is 0 Å². The van der Waals surface area contributed by atoms with Gasteiger partial charge in [-0.3, -0.25) is 0 Å². The highest BCUT2D eigenvalue weighted by atomic mass is 32.2. The molecule has 2 aromatic rings. The molecule has 0 saturated heterocycles. The van der Waals surface area contributed by atoms with Crippen molar-refractivity contribution in [2.75, 3.05) is 11.5 Å². The first-order valence-electron chi connectivity index (χ1n) is 13.9. The fourth-order valence-corrected chi connectivity index (χ4v) is 6.24. The van der Waals surface area contributed by atoms with E-state index in [0.29, 0.717) is 11.5 Å². The normalized spacial score (nSPS) is 12.5. The molecule has 0 fully saturated rings. The molecule has 200 valence electrons. The van der Waals surface area contributed by atoms with Crippen molar-refractivity contribution in [2.45, 2.75) is 97.3 Å². The van der Waals surface area contributed by atoms with E-state index >= 15 is 0 Å². The number of hydrogen-bond acceptors (Lipinski definition) is 4. The number of allylic oxidation sites excluding steroid dienone is 2. The van der Waals surface area contributed by atoms with Gasteiger partial charge in [-0.2, -0.15) is 0 Å². The van der Waals surface area contributed by atoms with E-state index in [4.69, 9.17) is 0 Å². The zero-order valence-corrected chi connectivity index (χ0v) is 23.2. The van der Waals surface area contributed by atoms with Gasteiger partial charge in [-0.1, -0.05) is 89.5 Å². The summed E-state index contributed by atoms with van der Waals surface area (Å²) >= 11 is 0. The van der Waals surface area contributed by atoms with Crippen LogP contribution in [0.3, 0.4) is 0 Å². The van der Waals surface area contributed by atoms with Crippen LogP contribution in [-0.4, -0.2) is 30.1 Å². The minimum absolute atomic E-state index is 0.272. The Morgan fingerprint density at radius 3 is 1.47 bits per heavy atom. The molecule has 0 aliphatic heterocycles. The van der Waals surface area contributed by atoms with E-state index in [1.807, 2.05) is 24.3 Å². The third-order valence-electron chi connectivity index (χ3n) is 6.84. The van der Waals surface area contributed by atoms with Gasteiger partial charge in [0, 0.05) is 0 Å². The summed E-state index contributed by atoms with van der Waals surface area (Å²) in [7, 11) is -2.85. The summed E-state index contributed by atoms with van der Waals surface area (Å²) in [5.74, 6) is 1.25. The van der Waals surface area contributed by atoms with E-state index in [1.54, 1.807) is 24.3 Å². The lowest BCUT2D eigenvalue weighted by Gasteiger charge is -2.16. The van der Waals surface area contributed by atoms with Crippen LogP contribution in [0.5, 0.6) is 11.5 Å². The first-order valence-corrected chi connectivity index (χ1v) is 15.7. The maximum atomic E-state index is 12.0. The lowest BCUT2D eigenvalue weighted by molar-refractivity contribution is 0.474. The van der Waals surface area contributed by atoms with Crippen LogP contribution in [0.4, 0.5) is 0 Å². The second-order valence-electron chi connectivity index (χ2n) is 9.84. The Bertz CT molecular complexity index is 1010. The maximum Gasteiger partial charge on any atom is 0.150 e. The minimum Gasteiger partial charge on any atom is -0.508 e. The minimum atomic E-state index is -2.85. The molecule has 0 heterocycles. The smallest absolute Gasteiger partial charge is 0.150 e. The summed E-state index contributed by atoms with van der Waals surface area (Å²) < 4.78 is 24.1. The van der Waals surface area contributed by atoms with Gasteiger partial charge in [0.25, 0.3) is 0 Å². The molecule has 36 heavy (non-hydrogen) atoms. The Morgan fingerprint density at radius 1 is 0.583 bits per heavy atom. The molecule has 2 aromatic carbocycles. The van der Waals surface area contributed by atoms with Gasteiger partial charge in [-0.05, 0) is 78.6 Å². The van der Waals surface area contributed by atoms with Gasteiger partial charge < -0.3 is 10.2 Å². The molecule has 2 N–H and O–H groups in total. The molecule has 0 unspecified atom stereocenters. The Balaban J connectivity index is 1.78. The predicted molar refractivity (Wildman–Crippen MR) is 153 cm³/mol. The van der Waals surface area contributed by atoms with Crippen LogP contribution >= 0.6 is 0 Å². The largest absolute Gasteiger partial charge is 0.508 e. The monoisotopic (exact) mass is 514 g/mol. The van der Waals surface area contributed by atoms with Crippen LogP contribution in [0.25, 0.3) is 11.1 Å². The Labute approximate surface area is 219 Å². The molecule has 0 aromatic heterocycles. The Kier molecular flexibility index (Phi) is 13.7.